The van der Waals surface area contributed by atoms with E-state index in [-0.39, 0.29) is 30.7 Å². The molecule has 178 valence electrons. The van der Waals surface area contributed by atoms with Crippen LogP contribution in [0, 0.1) is 5.82 Å². The third-order valence-electron chi connectivity index (χ3n) is 5.43. The number of aromatic nitrogens is 4. The Balaban J connectivity index is 1.23. The number of ether oxygens (including phenoxy) is 1. The lowest BCUT2D eigenvalue weighted by atomic mass is 9.98. The highest BCUT2D eigenvalue weighted by Crippen LogP contribution is 2.19. The average Bonchev–Trinajstić information content (AvgIpc) is 3.35. The highest BCUT2D eigenvalue weighted by Gasteiger charge is 2.17. The second kappa shape index (κ2) is 10.1. The molecule has 9 heteroatoms. The number of hydrogen-bond acceptors (Lipinski definition) is 6. The number of nitrogens with one attached hydrogen (secondary N) is 1. The average molecular weight is 481 g/mol. The molecule has 0 spiro atoms. The van der Waals surface area contributed by atoms with Crippen LogP contribution >= 0.6 is 0 Å². The smallest absolute Gasteiger partial charge is 0.252 e. The van der Waals surface area contributed by atoms with Crippen LogP contribution in [0.3, 0.4) is 0 Å². The van der Waals surface area contributed by atoms with E-state index in [1.165, 1.54) is 16.6 Å². The Kier molecular flexibility index (Phi) is 6.44. The van der Waals surface area contributed by atoms with Crippen molar-refractivity contribution >= 4 is 17.3 Å². The number of benzene rings is 3. The molecular weight excluding hydrogens is 461 g/mol. The molecule has 0 atom stereocenters. The number of halogens is 1. The van der Waals surface area contributed by atoms with Gasteiger partial charge in [0.05, 0.1) is 12.1 Å². The summed E-state index contributed by atoms with van der Waals surface area (Å²) < 4.78 is 20.5. The van der Waals surface area contributed by atoms with E-state index >= 15 is 0 Å². The number of hydrogen-bond donors (Lipinski definition) is 1. The van der Waals surface area contributed by atoms with Crippen molar-refractivity contribution in [2.24, 2.45) is 0 Å². The van der Waals surface area contributed by atoms with Gasteiger partial charge in [-0.05, 0) is 36.4 Å². The Hall–Kier alpha value is -4.92. The molecule has 2 aromatic heterocycles. The zero-order valence-electron chi connectivity index (χ0n) is 19.0. The summed E-state index contributed by atoms with van der Waals surface area (Å²) in [5, 5.41) is 15.4. The number of amides is 1. The standard InChI is InChI=1S/C27H20FN5O3/c28-20-12-10-19(11-13-20)26-31-30-23-14-15-24(32-33(23)26)36-17-16-29-27(35)22-9-5-4-8-21(22)25(34)18-6-2-1-3-7-18/h1-15H,16-17H2,(H,29,35). The van der Waals surface area contributed by atoms with Crippen LogP contribution in [0.4, 0.5) is 4.39 Å². The highest BCUT2D eigenvalue weighted by molar-refractivity contribution is 6.15. The molecule has 0 fully saturated rings. The monoisotopic (exact) mass is 481 g/mol. The molecule has 0 aliphatic carbocycles. The lowest BCUT2D eigenvalue weighted by Crippen LogP contribution is -2.29. The van der Waals surface area contributed by atoms with Crippen molar-refractivity contribution < 1.29 is 18.7 Å². The Morgan fingerprint density at radius 3 is 2.33 bits per heavy atom. The molecule has 3 aromatic carbocycles. The van der Waals surface area contributed by atoms with Gasteiger partial charge in [0, 0.05) is 22.8 Å². The molecule has 5 aromatic rings. The summed E-state index contributed by atoms with van der Waals surface area (Å²) in [7, 11) is 0. The van der Waals surface area contributed by atoms with E-state index in [0.29, 0.717) is 39.6 Å². The van der Waals surface area contributed by atoms with E-state index in [9.17, 15) is 14.0 Å². The predicted octanol–water partition coefficient (Wildman–Crippen LogP) is 3.97. The van der Waals surface area contributed by atoms with Gasteiger partial charge in [-0.1, -0.05) is 48.5 Å². The molecule has 0 aliphatic rings. The van der Waals surface area contributed by atoms with Crippen LogP contribution in [0.2, 0.25) is 0 Å². The van der Waals surface area contributed by atoms with E-state index in [1.54, 1.807) is 72.8 Å². The largest absolute Gasteiger partial charge is 0.475 e. The summed E-state index contributed by atoms with van der Waals surface area (Å²) in [6, 6.07) is 24.7. The summed E-state index contributed by atoms with van der Waals surface area (Å²) in [6.45, 7) is 0.340. The maximum absolute atomic E-state index is 13.3. The zero-order chi connectivity index (χ0) is 24.9. The molecule has 36 heavy (non-hydrogen) atoms. The van der Waals surface area contributed by atoms with Gasteiger partial charge in [0.1, 0.15) is 12.4 Å². The van der Waals surface area contributed by atoms with E-state index in [4.69, 9.17) is 4.74 Å². The minimum atomic E-state index is -0.376. The van der Waals surface area contributed by atoms with Crippen LogP contribution in [-0.2, 0) is 0 Å². The zero-order valence-corrected chi connectivity index (χ0v) is 19.0. The summed E-state index contributed by atoms with van der Waals surface area (Å²) in [5.41, 5.74) is 2.30. The predicted molar refractivity (Wildman–Crippen MR) is 130 cm³/mol. The van der Waals surface area contributed by atoms with Crippen molar-refractivity contribution in [3.63, 3.8) is 0 Å². The fraction of sp³-hybridized carbons (Fsp3) is 0.0741. The molecule has 0 aliphatic heterocycles. The van der Waals surface area contributed by atoms with Crippen LogP contribution in [-0.4, -0.2) is 44.7 Å². The molecule has 2 heterocycles. The molecule has 0 bridgehead atoms. The molecular formula is C27H20FN5O3. The van der Waals surface area contributed by atoms with Crippen LogP contribution in [0.25, 0.3) is 17.0 Å². The van der Waals surface area contributed by atoms with Crippen molar-refractivity contribution in [3.05, 3.63) is 114 Å². The first-order valence-electron chi connectivity index (χ1n) is 11.2. The number of nitrogens with zero attached hydrogens (tertiary/aromatic N) is 4. The molecule has 1 amide bonds. The van der Waals surface area contributed by atoms with E-state index in [2.05, 4.69) is 20.6 Å². The Morgan fingerprint density at radius 1 is 0.833 bits per heavy atom. The molecule has 5 rings (SSSR count). The molecule has 0 saturated carbocycles. The molecule has 8 nitrogen and oxygen atoms in total. The first-order chi connectivity index (χ1) is 17.6. The summed E-state index contributed by atoms with van der Waals surface area (Å²) in [4.78, 5) is 25.7. The van der Waals surface area contributed by atoms with Gasteiger partial charge in [-0.25, -0.2) is 4.39 Å². The van der Waals surface area contributed by atoms with Gasteiger partial charge in [0.25, 0.3) is 5.91 Å². The van der Waals surface area contributed by atoms with E-state index in [1.807, 2.05) is 6.07 Å². The van der Waals surface area contributed by atoms with Crippen molar-refractivity contribution in [1.29, 1.82) is 0 Å². The van der Waals surface area contributed by atoms with E-state index in [0.717, 1.165) is 0 Å². The second-order valence-electron chi connectivity index (χ2n) is 7.82. The maximum atomic E-state index is 13.3. The lowest BCUT2D eigenvalue weighted by molar-refractivity contribution is 0.0936. The van der Waals surface area contributed by atoms with Crippen molar-refractivity contribution in [2.45, 2.75) is 0 Å². The second-order valence-corrected chi connectivity index (χ2v) is 7.82. The number of fused-ring (bicyclic) bond motifs is 1. The van der Waals surface area contributed by atoms with Gasteiger partial charge in [0.15, 0.2) is 17.3 Å². The van der Waals surface area contributed by atoms with Crippen LogP contribution in [0.5, 0.6) is 5.88 Å². The minimum absolute atomic E-state index is 0.146. The maximum Gasteiger partial charge on any atom is 0.252 e. The number of rotatable bonds is 8. The Labute approximate surface area is 205 Å². The SMILES string of the molecule is O=C(NCCOc1ccc2nnc(-c3ccc(F)cc3)n2n1)c1ccccc1C(=O)c1ccccc1. The van der Waals surface area contributed by atoms with Gasteiger partial charge < -0.3 is 10.1 Å². The Bertz CT molecular complexity index is 1530. The van der Waals surface area contributed by atoms with Crippen molar-refractivity contribution in [3.8, 4) is 17.3 Å². The van der Waals surface area contributed by atoms with Crippen molar-refractivity contribution in [2.75, 3.05) is 13.2 Å². The first-order valence-corrected chi connectivity index (χ1v) is 11.2. The number of carbonyl (C=O) groups excluding carboxylic acids is 2. The molecule has 0 saturated heterocycles. The Morgan fingerprint density at radius 2 is 1.56 bits per heavy atom. The lowest BCUT2D eigenvalue weighted by Gasteiger charge is -2.10. The van der Waals surface area contributed by atoms with Crippen LogP contribution in [0.15, 0.2) is 91.0 Å². The number of ketones is 1. The quantitative estimate of drug-likeness (QED) is 0.266. The first kappa shape index (κ1) is 22.9. The van der Waals surface area contributed by atoms with Crippen LogP contribution < -0.4 is 10.1 Å². The fourth-order valence-corrected chi connectivity index (χ4v) is 3.67. The molecule has 1 N–H and O–H groups in total. The summed E-state index contributed by atoms with van der Waals surface area (Å²) in [6.07, 6.45) is 0. The van der Waals surface area contributed by atoms with Gasteiger partial charge in [-0.2, -0.15) is 4.52 Å². The third kappa shape index (κ3) is 4.80. The number of carbonyl (C=O) groups is 2. The summed E-state index contributed by atoms with van der Waals surface area (Å²) >= 11 is 0. The minimum Gasteiger partial charge on any atom is -0.475 e. The van der Waals surface area contributed by atoms with Gasteiger partial charge in [0.2, 0.25) is 5.88 Å². The normalized spacial score (nSPS) is 10.8. The van der Waals surface area contributed by atoms with Crippen LogP contribution in [0.1, 0.15) is 26.3 Å². The fourth-order valence-electron chi connectivity index (χ4n) is 3.67. The van der Waals surface area contributed by atoms with Crippen molar-refractivity contribution in [1.82, 2.24) is 25.1 Å². The highest BCUT2D eigenvalue weighted by atomic mass is 19.1. The van der Waals surface area contributed by atoms with Gasteiger partial charge in [-0.15, -0.1) is 15.3 Å². The summed E-state index contributed by atoms with van der Waals surface area (Å²) in [5.74, 6) is -0.193. The van der Waals surface area contributed by atoms with Gasteiger partial charge in [-0.3, -0.25) is 9.59 Å². The molecule has 0 unspecified atom stereocenters. The molecule has 0 radical (unpaired) electrons. The third-order valence-corrected chi connectivity index (χ3v) is 5.43. The topological polar surface area (TPSA) is 98.5 Å². The van der Waals surface area contributed by atoms with E-state index < -0.39 is 0 Å². The van der Waals surface area contributed by atoms with Gasteiger partial charge >= 0.3 is 0 Å².